The summed E-state index contributed by atoms with van der Waals surface area (Å²) in [5.41, 5.74) is 0.734. The van der Waals surface area contributed by atoms with Gasteiger partial charge < -0.3 is 66.0 Å². The molecule has 3 aliphatic rings. The summed E-state index contributed by atoms with van der Waals surface area (Å²) in [7, 11) is 5.79. The molecule has 3 fully saturated rings. The molecule has 3 aromatic rings. The summed E-state index contributed by atoms with van der Waals surface area (Å²) in [4.78, 5) is 191. The molecule has 4 heterocycles. The van der Waals surface area contributed by atoms with E-state index in [1.54, 1.807) is 90.9 Å². The minimum Gasteiger partial charge on any atom is -0.444 e. The van der Waals surface area contributed by atoms with Crippen LogP contribution in [0.25, 0.3) is 0 Å². The molecule has 26 nitrogen and oxygen atoms in total. The number of amides is 12. The van der Waals surface area contributed by atoms with E-state index in [-0.39, 0.29) is 108 Å². The first-order chi connectivity index (χ1) is 47.7. The number of hydrogen-bond acceptors (Lipinski definition) is 14. The number of nitrogens with zero attached hydrogens (tertiary/aromatic N) is 7. The lowest BCUT2D eigenvalue weighted by molar-refractivity contribution is -0.151. The first-order valence-corrected chi connectivity index (χ1v) is 35.8. The molecule has 26 heteroatoms. The molecular formula is C75H111N13O13. The van der Waals surface area contributed by atoms with Crippen molar-refractivity contribution in [3.63, 3.8) is 0 Å². The maximum Gasteiger partial charge on any atom is 0.407 e. The molecule has 0 saturated carbocycles. The molecule has 10 atom stereocenters. The summed E-state index contributed by atoms with van der Waals surface area (Å²) in [6, 6.07) is 10.5. The predicted molar refractivity (Wildman–Crippen MR) is 382 cm³/mol. The summed E-state index contributed by atoms with van der Waals surface area (Å²) in [6.45, 7) is 19.8. The molecule has 12 amide bonds. The molecule has 3 saturated heterocycles. The van der Waals surface area contributed by atoms with Gasteiger partial charge in [0.15, 0.2) is 0 Å². The molecule has 1 aromatic heterocycles. The molecule has 0 bridgehead atoms. The van der Waals surface area contributed by atoms with Crippen molar-refractivity contribution >= 4 is 71.1 Å². The molecule has 0 aliphatic carbocycles. The van der Waals surface area contributed by atoms with Crippen LogP contribution < -0.4 is 31.9 Å². The third-order valence-electron chi connectivity index (χ3n) is 18.9. The van der Waals surface area contributed by atoms with Crippen LogP contribution in [0, 0.1) is 23.7 Å². The number of hydrogen-bond donors (Lipinski definition) is 6. The normalized spacial score (nSPS) is 24.2. The number of benzene rings is 2. The van der Waals surface area contributed by atoms with Gasteiger partial charge in [0.2, 0.25) is 59.1 Å². The number of nitrogens with one attached hydrogen (secondary N) is 6. The van der Waals surface area contributed by atoms with Gasteiger partial charge in [0.25, 0.3) is 5.91 Å². The van der Waals surface area contributed by atoms with Crippen LogP contribution >= 0.6 is 0 Å². The molecule has 6 rings (SSSR count). The van der Waals surface area contributed by atoms with E-state index in [0.29, 0.717) is 24.0 Å². The summed E-state index contributed by atoms with van der Waals surface area (Å²) >= 11 is 0. The minimum atomic E-state index is -1.31. The molecule has 101 heavy (non-hydrogen) atoms. The second-order valence-electron chi connectivity index (χ2n) is 29.6. The molecular weight excluding hydrogens is 1290 g/mol. The highest BCUT2D eigenvalue weighted by molar-refractivity contribution is 6.00. The molecule has 0 radical (unpaired) electrons. The Morgan fingerprint density at radius 1 is 0.495 bits per heavy atom. The highest BCUT2D eigenvalue weighted by atomic mass is 16.6. The molecule has 6 N–H and O–H groups in total. The third-order valence-corrected chi connectivity index (χ3v) is 18.9. The van der Waals surface area contributed by atoms with Gasteiger partial charge in [-0.25, -0.2) is 4.79 Å². The number of pyridine rings is 1. The quantitative estimate of drug-likeness (QED) is 0.0859. The van der Waals surface area contributed by atoms with E-state index < -0.39 is 149 Å². The maximum absolute atomic E-state index is 15.5. The number of likely N-dealkylation sites (N-methyl/N-ethyl adjacent to an activating group) is 4. The number of alkyl carbamates (subject to hydrolysis) is 1. The molecule has 3 aliphatic heterocycles. The summed E-state index contributed by atoms with van der Waals surface area (Å²) in [5.74, 6) is -8.57. The number of carbonyl (C=O) groups excluding carboxylic acids is 12. The predicted octanol–water partition coefficient (Wildman–Crippen LogP) is 5.03. The average molecular weight is 1400 g/mol. The van der Waals surface area contributed by atoms with E-state index in [0.717, 1.165) is 0 Å². The van der Waals surface area contributed by atoms with Gasteiger partial charge in [-0.15, -0.1) is 0 Å². The zero-order valence-corrected chi connectivity index (χ0v) is 61.9. The van der Waals surface area contributed by atoms with Crippen molar-refractivity contribution in [1.82, 2.24) is 66.3 Å². The van der Waals surface area contributed by atoms with Crippen molar-refractivity contribution < 1.29 is 62.3 Å². The van der Waals surface area contributed by atoms with E-state index in [2.05, 4.69) is 36.9 Å². The zero-order chi connectivity index (χ0) is 74.6. The average Bonchev–Trinajstić information content (AvgIpc) is 1.79. The minimum absolute atomic E-state index is 0.00288. The van der Waals surface area contributed by atoms with E-state index in [1.807, 2.05) is 64.1 Å². The fourth-order valence-electron chi connectivity index (χ4n) is 13.3. The topological polar surface area (TPSA) is 319 Å². The van der Waals surface area contributed by atoms with Crippen LogP contribution in [0.3, 0.4) is 0 Å². The van der Waals surface area contributed by atoms with Gasteiger partial charge in [-0.05, 0) is 132 Å². The lowest BCUT2D eigenvalue weighted by Gasteiger charge is -2.38. The van der Waals surface area contributed by atoms with Crippen molar-refractivity contribution in [3.05, 3.63) is 102 Å². The fourth-order valence-corrected chi connectivity index (χ4v) is 13.3. The number of aromatic nitrogens is 1. The number of ether oxygens (including phenoxy) is 1. The molecule has 554 valence electrons. The number of rotatable bonds is 19. The number of fused-ring (bicyclic) bond motifs is 2. The van der Waals surface area contributed by atoms with E-state index in [4.69, 9.17) is 4.74 Å². The van der Waals surface area contributed by atoms with Gasteiger partial charge in [0.1, 0.15) is 71.7 Å². The van der Waals surface area contributed by atoms with Crippen LogP contribution in [0.15, 0.2) is 85.1 Å². The Morgan fingerprint density at radius 2 is 0.881 bits per heavy atom. The van der Waals surface area contributed by atoms with Gasteiger partial charge in [-0.2, -0.15) is 0 Å². The van der Waals surface area contributed by atoms with Crippen LogP contribution in [-0.2, 0) is 65.5 Å². The van der Waals surface area contributed by atoms with Crippen molar-refractivity contribution in [2.24, 2.45) is 23.7 Å². The van der Waals surface area contributed by atoms with E-state index in [1.165, 1.54) is 63.8 Å². The van der Waals surface area contributed by atoms with Crippen molar-refractivity contribution in [3.8, 4) is 0 Å². The van der Waals surface area contributed by atoms with Gasteiger partial charge in [-0.1, -0.05) is 122 Å². The largest absolute Gasteiger partial charge is 0.444 e. The van der Waals surface area contributed by atoms with Gasteiger partial charge in [0, 0.05) is 73.4 Å². The molecule has 0 spiro atoms. The first kappa shape index (κ1) is 81.0. The van der Waals surface area contributed by atoms with Crippen molar-refractivity contribution in [1.29, 1.82) is 0 Å². The van der Waals surface area contributed by atoms with Crippen molar-refractivity contribution in [2.75, 3.05) is 54.4 Å². The van der Waals surface area contributed by atoms with E-state index in [9.17, 15) is 9.59 Å². The van der Waals surface area contributed by atoms with Gasteiger partial charge in [0.05, 0.1) is 0 Å². The molecule has 2 aromatic carbocycles. The first-order valence-electron chi connectivity index (χ1n) is 35.8. The monoisotopic (exact) mass is 1400 g/mol. The highest BCUT2D eigenvalue weighted by Gasteiger charge is 2.46. The molecule has 0 unspecified atom stereocenters. The summed E-state index contributed by atoms with van der Waals surface area (Å²) in [6.07, 6.45) is 2.31. The van der Waals surface area contributed by atoms with Crippen LogP contribution in [-0.4, -0.2) is 226 Å². The van der Waals surface area contributed by atoms with Gasteiger partial charge >= 0.3 is 6.09 Å². The highest BCUT2D eigenvalue weighted by Crippen LogP contribution is 2.27. The van der Waals surface area contributed by atoms with Crippen LogP contribution in [0.2, 0.25) is 0 Å². The van der Waals surface area contributed by atoms with Crippen LogP contribution in [0.4, 0.5) is 4.79 Å². The third kappa shape index (κ3) is 22.8. The number of carbonyl (C=O) groups is 12. The van der Waals surface area contributed by atoms with E-state index >= 15 is 47.9 Å². The Morgan fingerprint density at radius 3 is 1.25 bits per heavy atom. The van der Waals surface area contributed by atoms with Crippen LogP contribution in [0.5, 0.6) is 0 Å². The Kier molecular flexibility index (Phi) is 30.2. The smallest absolute Gasteiger partial charge is 0.407 e. The van der Waals surface area contributed by atoms with Crippen molar-refractivity contribution in [2.45, 2.75) is 219 Å². The summed E-state index contributed by atoms with van der Waals surface area (Å²) < 4.78 is 5.46. The Labute approximate surface area is 596 Å². The second-order valence-corrected chi connectivity index (χ2v) is 29.6. The Hall–Kier alpha value is -8.97. The fraction of sp³-hybridized carbons (Fsp3) is 0.613. The lowest BCUT2D eigenvalue weighted by Crippen LogP contribution is -2.62. The Bertz CT molecular complexity index is 3330. The Balaban J connectivity index is 1.48. The summed E-state index contributed by atoms with van der Waals surface area (Å²) in [5, 5.41) is 17.3. The lowest BCUT2D eigenvalue weighted by atomic mass is 9.97. The standard InChI is InChI=1S/C75H111N13O13/c1-46(2)42-53-68(94)85(14)59(44-50-28-18-16-19-29-50)70(96)88-41-27-36-58(88)67(93)82-62(49(7)8)73(99)84(13)56(34-25-39-78-74(100)101-75(9,10)11)65(91)80-54(43-47(3)4)69(95)86(15)60(45-51-30-20-17-21-31-51)71(97)87-40-26-35-57(87)66(92)81-61(48(5)6)72(98)83(12)55(64(90)79-53)33-24-38-77-63(89)52-32-22-23-37-76-52/h16-23,28-32,37,46-49,53-62H,24-27,33-36,38-45H2,1-15H3,(H,77,89)(H,78,100)(H,79,90)(H,80,91)(H,81,92)(H,82,93)/t53-,54-,55-,56-,57-,58-,59+,60+,61-,62-/m0/s1. The zero-order valence-electron chi connectivity index (χ0n) is 61.9. The van der Waals surface area contributed by atoms with Crippen LogP contribution in [0.1, 0.15) is 162 Å². The maximum atomic E-state index is 15.5. The second kappa shape index (κ2) is 37.6. The van der Waals surface area contributed by atoms with Gasteiger partial charge in [-0.3, -0.25) is 57.7 Å². The SMILES string of the molecule is CC(C)C[C@@H]1NC(=O)[C@H](CCCNC(=O)c2ccccn2)N(C)C(=O)[C@H](C(C)C)NC(=O)[C@@H]2CCCN2C(=O)[C@@H](Cc2ccccc2)N(C)C(=O)[C@H](CC(C)C)NC(=O)[C@H](CCCNC(=O)OC(C)(C)C)N(C)C(=O)[C@H](C(C)C)NC(=O)[C@@H]2CCCN2C(=O)[C@@H](Cc2ccccc2)N(C)C1=O.